The molecule has 19 heavy (non-hydrogen) atoms. The first-order valence-corrected chi connectivity index (χ1v) is 7.85. The number of hydrogen-bond acceptors (Lipinski definition) is 5. The fraction of sp³-hybridized carbons (Fsp3) is 0.385. The van der Waals surface area contributed by atoms with Crippen LogP contribution in [0.1, 0.15) is 0 Å². The number of piperazine rings is 1. The van der Waals surface area contributed by atoms with Crippen LogP contribution in [0.4, 0.5) is 5.13 Å². The Hall–Kier alpha value is -0.980. The second-order valence-electron chi connectivity index (χ2n) is 4.64. The van der Waals surface area contributed by atoms with Gasteiger partial charge in [0.2, 0.25) is 0 Å². The second kappa shape index (κ2) is 5.56. The summed E-state index contributed by atoms with van der Waals surface area (Å²) in [4.78, 5) is 14.8. The van der Waals surface area contributed by atoms with Crippen molar-refractivity contribution in [1.29, 1.82) is 0 Å². The Bertz CT molecular complexity index is 563. The Morgan fingerprint density at radius 1 is 1.21 bits per heavy atom. The molecule has 0 N–H and O–H groups in total. The van der Waals surface area contributed by atoms with Gasteiger partial charge in [-0.2, -0.15) is 0 Å². The fourth-order valence-electron chi connectivity index (χ4n) is 2.07. The highest BCUT2D eigenvalue weighted by molar-refractivity contribution is 9.10. The molecule has 3 heterocycles. The zero-order valence-corrected chi connectivity index (χ0v) is 13.1. The number of rotatable bonds is 2. The van der Waals surface area contributed by atoms with Gasteiger partial charge in [-0.1, -0.05) is 17.4 Å². The van der Waals surface area contributed by atoms with Crippen LogP contribution in [0.5, 0.6) is 0 Å². The van der Waals surface area contributed by atoms with E-state index in [1.165, 1.54) is 0 Å². The first kappa shape index (κ1) is 13.0. The maximum atomic E-state index is 4.54. The molecule has 0 unspecified atom stereocenters. The third-order valence-corrected chi connectivity index (χ3v) is 4.76. The topological polar surface area (TPSA) is 32.3 Å². The molecule has 0 amide bonds. The third-order valence-electron chi connectivity index (χ3n) is 3.23. The van der Waals surface area contributed by atoms with Crippen molar-refractivity contribution in [2.75, 3.05) is 38.1 Å². The van der Waals surface area contributed by atoms with Crippen LogP contribution in [0.2, 0.25) is 0 Å². The molecular formula is C13H15BrN4S. The summed E-state index contributed by atoms with van der Waals surface area (Å²) >= 11 is 5.12. The maximum absolute atomic E-state index is 4.54. The number of halogens is 1. The summed E-state index contributed by atoms with van der Waals surface area (Å²) in [6, 6.07) is 5.96. The minimum Gasteiger partial charge on any atom is -0.346 e. The van der Waals surface area contributed by atoms with Crippen molar-refractivity contribution in [2.45, 2.75) is 0 Å². The molecular weight excluding hydrogens is 324 g/mol. The van der Waals surface area contributed by atoms with Crippen molar-refractivity contribution < 1.29 is 0 Å². The van der Waals surface area contributed by atoms with Crippen molar-refractivity contribution in [3.05, 3.63) is 29.0 Å². The first-order chi connectivity index (χ1) is 9.22. The summed E-state index contributed by atoms with van der Waals surface area (Å²) in [6.07, 6.45) is 1.92. The molecule has 1 saturated heterocycles. The molecule has 2 aromatic rings. The molecule has 0 spiro atoms. The Morgan fingerprint density at radius 2 is 2.00 bits per heavy atom. The van der Waals surface area contributed by atoms with Gasteiger partial charge < -0.3 is 9.80 Å². The Labute approximate surface area is 125 Å². The highest BCUT2D eigenvalue weighted by atomic mass is 79.9. The van der Waals surface area contributed by atoms with Gasteiger partial charge in [-0.05, 0) is 35.1 Å². The van der Waals surface area contributed by atoms with E-state index in [9.17, 15) is 0 Å². The smallest absolute Gasteiger partial charge is 0.185 e. The molecule has 0 aliphatic carbocycles. The van der Waals surface area contributed by atoms with Crippen molar-refractivity contribution in [3.63, 3.8) is 0 Å². The molecule has 0 atom stereocenters. The molecule has 0 bridgehead atoms. The van der Waals surface area contributed by atoms with E-state index in [-0.39, 0.29) is 0 Å². The van der Waals surface area contributed by atoms with Crippen molar-refractivity contribution >= 4 is 32.4 Å². The first-order valence-electron chi connectivity index (χ1n) is 6.24. The molecule has 1 aliphatic heterocycles. The SMILES string of the molecule is CN1CCN(c2ncc(-c3cccc(Br)n3)s2)CC1. The van der Waals surface area contributed by atoms with Crippen molar-refractivity contribution in [3.8, 4) is 10.6 Å². The van der Waals surface area contributed by atoms with Crippen LogP contribution in [-0.4, -0.2) is 48.1 Å². The minimum absolute atomic E-state index is 0.861. The number of anilines is 1. The average Bonchev–Trinajstić information content (AvgIpc) is 2.89. The molecule has 100 valence electrons. The normalized spacial score (nSPS) is 16.8. The molecule has 0 radical (unpaired) electrons. The molecule has 3 rings (SSSR count). The van der Waals surface area contributed by atoms with Crippen LogP contribution in [0.3, 0.4) is 0 Å². The number of nitrogens with zero attached hydrogens (tertiary/aromatic N) is 4. The monoisotopic (exact) mass is 338 g/mol. The van der Waals surface area contributed by atoms with Gasteiger partial charge in [0, 0.05) is 32.4 Å². The Kier molecular flexibility index (Phi) is 3.81. The van der Waals surface area contributed by atoms with Crippen LogP contribution in [-0.2, 0) is 0 Å². The Morgan fingerprint density at radius 3 is 2.74 bits per heavy atom. The van der Waals surface area contributed by atoms with Gasteiger partial charge in [0.05, 0.1) is 10.6 Å². The van der Waals surface area contributed by atoms with Gasteiger partial charge in [-0.3, -0.25) is 0 Å². The van der Waals surface area contributed by atoms with E-state index >= 15 is 0 Å². The van der Waals surface area contributed by atoms with Crippen LogP contribution in [0.25, 0.3) is 10.6 Å². The summed E-state index contributed by atoms with van der Waals surface area (Å²) in [5, 5.41) is 1.10. The highest BCUT2D eigenvalue weighted by Gasteiger charge is 2.17. The van der Waals surface area contributed by atoms with Crippen LogP contribution >= 0.6 is 27.3 Å². The average molecular weight is 339 g/mol. The summed E-state index contributed by atoms with van der Waals surface area (Å²) in [5.41, 5.74) is 0.979. The van der Waals surface area contributed by atoms with Gasteiger partial charge in [0.25, 0.3) is 0 Å². The number of hydrogen-bond donors (Lipinski definition) is 0. The molecule has 0 saturated carbocycles. The van der Waals surface area contributed by atoms with E-state index in [0.29, 0.717) is 0 Å². The van der Waals surface area contributed by atoms with Gasteiger partial charge in [0.15, 0.2) is 5.13 Å². The molecule has 0 aromatic carbocycles. The molecule has 1 fully saturated rings. The number of thiazole rings is 1. The lowest BCUT2D eigenvalue weighted by Crippen LogP contribution is -2.44. The Balaban J connectivity index is 1.80. The lowest BCUT2D eigenvalue weighted by Gasteiger charge is -2.32. The van der Waals surface area contributed by atoms with E-state index in [4.69, 9.17) is 0 Å². The van der Waals surface area contributed by atoms with E-state index < -0.39 is 0 Å². The quantitative estimate of drug-likeness (QED) is 0.788. The zero-order chi connectivity index (χ0) is 13.2. The predicted molar refractivity (Wildman–Crippen MR) is 82.8 cm³/mol. The molecule has 4 nitrogen and oxygen atoms in total. The molecule has 6 heteroatoms. The number of aromatic nitrogens is 2. The minimum atomic E-state index is 0.861. The lowest BCUT2D eigenvalue weighted by atomic mass is 10.3. The summed E-state index contributed by atoms with van der Waals surface area (Å²) in [6.45, 7) is 4.30. The highest BCUT2D eigenvalue weighted by Crippen LogP contribution is 2.30. The second-order valence-corrected chi connectivity index (χ2v) is 6.46. The summed E-state index contributed by atoms with van der Waals surface area (Å²) in [5.74, 6) is 0. The van der Waals surface area contributed by atoms with Gasteiger partial charge in [-0.25, -0.2) is 9.97 Å². The van der Waals surface area contributed by atoms with Gasteiger partial charge in [-0.15, -0.1) is 0 Å². The standard InChI is InChI=1S/C13H15BrN4S/c1-17-5-7-18(8-6-17)13-15-9-11(19-13)10-3-2-4-12(14)16-10/h2-4,9H,5-8H2,1H3. The zero-order valence-electron chi connectivity index (χ0n) is 10.7. The lowest BCUT2D eigenvalue weighted by molar-refractivity contribution is 0.313. The van der Waals surface area contributed by atoms with Crippen molar-refractivity contribution in [2.24, 2.45) is 0 Å². The van der Waals surface area contributed by atoms with E-state index in [1.807, 2.05) is 24.4 Å². The fourth-order valence-corrected chi connectivity index (χ4v) is 3.35. The van der Waals surface area contributed by atoms with E-state index in [1.54, 1.807) is 11.3 Å². The van der Waals surface area contributed by atoms with E-state index in [0.717, 1.165) is 46.5 Å². The summed E-state index contributed by atoms with van der Waals surface area (Å²) in [7, 11) is 2.16. The van der Waals surface area contributed by atoms with Gasteiger partial charge >= 0.3 is 0 Å². The largest absolute Gasteiger partial charge is 0.346 e. The predicted octanol–water partition coefficient (Wildman–Crippen LogP) is 2.72. The number of pyridine rings is 1. The van der Waals surface area contributed by atoms with Crippen LogP contribution in [0.15, 0.2) is 29.0 Å². The maximum Gasteiger partial charge on any atom is 0.185 e. The van der Waals surface area contributed by atoms with Crippen LogP contribution < -0.4 is 4.90 Å². The number of likely N-dealkylation sites (N-methyl/N-ethyl adjacent to an activating group) is 1. The van der Waals surface area contributed by atoms with Gasteiger partial charge in [0.1, 0.15) is 4.60 Å². The van der Waals surface area contributed by atoms with E-state index in [2.05, 4.69) is 42.7 Å². The molecule has 2 aromatic heterocycles. The van der Waals surface area contributed by atoms with Crippen LogP contribution in [0, 0.1) is 0 Å². The third kappa shape index (κ3) is 2.96. The van der Waals surface area contributed by atoms with Crippen molar-refractivity contribution in [1.82, 2.24) is 14.9 Å². The summed E-state index contributed by atoms with van der Waals surface area (Å²) < 4.78 is 0.861. The molecule has 1 aliphatic rings.